The number of nitrogen functional groups attached to an aromatic ring is 1. The number of nitrogens with zero attached hydrogens (tertiary/aromatic N) is 6. The van der Waals surface area contributed by atoms with Crippen molar-refractivity contribution in [3.05, 3.63) is 54.1 Å². The van der Waals surface area contributed by atoms with Crippen LogP contribution in [-0.4, -0.2) is 44.0 Å². The zero-order valence-corrected chi connectivity index (χ0v) is 15.7. The average Bonchev–Trinajstić information content (AvgIpc) is 3.49. The third kappa shape index (κ3) is 3.73. The maximum atomic E-state index is 12.8. The number of hydrogen-bond acceptors (Lipinski definition) is 10. The van der Waals surface area contributed by atoms with Gasteiger partial charge in [0.15, 0.2) is 5.69 Å². The number of carbonyl (C=O) groups excluding carboxylic acids is 1. The van der Waals surface area contributed by atoms with E-state index in [0.29, 0.717) is 29.4 Å². The molecular formula is C18H16N8O4. The minimum Gasteiger partial charge on any atom is -0.494 e. The molecule has 4 aromatic rings. The van der Waals surface area contributed by atoms with Gasteiger partial charge in [0.2, 0.25) is 11.6 Å². The number of furan rings is 1. The van der Waals surface area contributed by atoms with Crippen LogP contribution in [0.15, 0.2) is 56.8 Å². The molecule has 3 aromatic heterocycles. The molecule has 0 unspecified atom stereocenters. The predicted octanol–water partition coefficient (Wildman–Crippen LogP) is 1.66. The molecule has 0 fully saturated rings. The molecule has 1 amide bonds. The summed E-state index contributed by atoms with van der Waals surface area (Å²) in [5, 5.41) is 19.1. The number of amides is 1. The van der Waals surface area contributed by atoms with E-state index in [-0.39, 0.29) is 17.3 Å². The first-order chi connectivity index (χ1) is 14.7. The summed E-state index contributed by atoms with van der Waals surface area (Å²) in [6, 6.07) is 10.5. The molecule has 12 heteroatoms. The highest BCUT2D eigenvalue weighted by Gasteiger charge is 2.25. The van der Waals surface area contributed by atoms with Crippen molar-refractivity contribution in [3.8, 4) is 22.8 Å². The summed E-state index contributed by atoms with van der Waals surface area (Å²) in [5.41, 5.74) is 9.08. The van der Waals surface area contributed by atoms with E-state index in [4.69, 9.17) is 14.9 Å². The molecule has 12 nitrogen and oxygen atoms in total. The third-order valence-electron chi connectivity index (χ3n) is 3.90. The fraction of sp³-hybridized carbons (Fsp3) is 0.111. The van der Waals surface area contributed by atoms with E-state index >= 15 is 0 Å². The van der Waals surface area contributed by atoms with Gasteiger partial charge in [-0.25, -0.2) is 10.1 Å². The summed E-state index contributed by atoms with van der Waals surface area (Å²) in [7, 11) is 0. The van der Waals surface area contributed by atoms with Crippen LogP contribution < -0.4 is 15.9 Å². The molecule has 1 aromatic carbocycles. The van der Waals surface area contributed by atoms with Gasteiger partial charge in [-0.15, -0.1) is 5.10 Å². The van der Waals surface area contributed by atoms with Gasteiger partial charge in [0.05, 0.1) is 19.1 Å². The quantitative estimate of drug-likeness (QED) is 0.342. The van der Waals surface area contributed by atoms with E-state index in [1.807, 2.05) is 6.92 Å². The van der Waals surface area contributed by atoms with Crippen LogP contribution in [-0.2, 0) is 0 Å². The maximum Gasteiger partial charge on any atom is 0.294 e. The van der Waals surface area contributed by atoms with E-state index in [1.54, 1.807) is 36.4 Å². The number of hydrazone groups is 1. The fourth-order valence-electron chi connectivity index (χ4n) is 2.65. The molecule has 30 heavy (non-hydrogen) atoms. The van der Waals surface area contributed by atoms with Crippen molar-refractivity contribution in [3.63, 3.8) is 0 Å². The summed E-state index contributed by atoms with van der Waals surface area (Å²) >= 11 is 0. The highest BCUT2D eigenvalue weighted by Crippen LogP contribution is 2.29. The van der Waals surface area contributed by atoms with Gasteiger partial charge in [-0.05, 0) is 41.5 Å². The largest absolute Gasteiger partial charge is 0.494 e. The molecule has 0 spiro atoms. The number of nitrogens with two attached hydrogens (primary N) is 1. The van der Waals surface area contributed by atoms with Crippen LogP contribution in [0.5, 0.6) is 5.75 Å². The van der Waals surface area contributed by atoms with Gasteiger partial charge in [0, 0.05) is 5.56 Å². The number of anilines is 1. The number of nitrogens with one attached hydrogen (secondary N) is 1. The first kappa shape index (κ1) is 18.9. The first-order valence-electron chi connectivity index (χ1n) is 8.81. The lowest BCUT2D eigenvalue weighted by molar-refractivity contribution is 0.0950. The highest BCUT2D eigenvalue weighted by molar-refractivity contribution is 5.98. The summed E-state index contributed by atoms with van der Waals surface area (Å²) < 4.78 is 16.6. The summed E-state index contributed by atoms with van der Waals surface area (Å²) in [5.74, 6) is 0.569. The summed E-state index contributed by atoms with van der Waals surface area (Å²) in [4.78, 5) is 12.8. The Bertz CT molecular complexity index is 1180. The van der Waals surface area contributed by atoms with Gasteiger partial charge in [-0.2, -0.15) is 9.78 Å². The molecule has 0 saturated heterocycles. The van der Waals surface area contributed by atoms with Gasteiger partial charge in [0.25, 0.3) is 5.91 Å². The number of carbonyl (C=O) groups is 1. The second-order valence-electron chi connectivity index (χ2n) is 5.85. The second kappa shape index (κ2) is 8.26. The molecule has 0 aliphatic carbocycles. The zero-order chi connectivity index (χ0) is 20.9. The molecule has 0 atom stereocenters. The van der Waals surface area contributed by atoms with Crippen molar-refractivity contribution in [2.75, 3.05) is 12.3 Å². The monoisotopic (exact) mass is 408 g/mol. The van der Waals surface area contributed by atoms with E-state index < -0.39 is 5.91 Å². The van der Waals surface area contributed by atoms with Gasteiger partial charge in [0.1, 0.15) is 17.2 Å². The Morgan fingerprint density at radius 1 is 1.33 bits per heavy atom. The van der Waals surface area contributed by atoms with Gasteiger partial charge in [-0.1, -0.05) is 17.3 Å². The lowest BCUT2D eigenvalue weighted by atomic mass is 10.1. The van der Waals surface area contributed by atoms with Crippen LogP contribution >= 0.6 is 0 Å². The van der Waals surface area contributed by atoms with Crippen molar-refractivity contribution >= 4 is 17.9 Å². The highest BCUT2D eigenvalue weighted by atomic mass is 16.6. The standard InChI is InChI=1S/C18H16N8O4/c1-2-28-12-6-3-5-11(9-12)15-14(18(27)22-20-10-13-7-4-8-29-13)21-25-26(15)17-16(19)23-30-24-17/h3-10H,2H2,1H3,(H2,19,23)(H,22,27)/b20-10-. The van der Waals surface area contributed by atoms with E-state index in [0.717, 1.165) is 0 Å². The number of rotatable bonds is 7. The fourth-order valence-corrected chi connectivity index (χ4v) is 2.65. The Morgan fingerprint density at radius 3 is 2.97 bits per heavy atom. The topological polar surface area (TPSA) is 159 Å². The Kier molecular flexibility index (Phi) is 5.19. The smallest absolute Gasteiger partial charge is 0.294 e. The number of benzene rings is 1. The van der Waals surface area contributed by atoms with E-state index in [1.165, 1.54) is 17.2 Å². The van der Waals surface area contributed by atoms with Crippen LogP contribution in [0.2, 0.25) is 0 Å². The molecule has 3 N–H and O–H groups in total. The lowest BCUT2D eigenvalue weighted by Gasteiger charge is -2.08. The van der Waals surface area contributed by atoms with Crippen LogP contribution in [0.1, 0.15) is 23.2 Å². The Labute approximate surface area is 169 Å². The van der Waals surface area contributed by atoms with E-state index in [9.17, 15) is 4.79 Å². The summed E-state index contributed by atoms with van der Waals surface area (Å²) in [6.07, 6.45) is 2.85. The third-order valence-corrected chi connectivity index (χ3v) is 3.90. The molecule has 4 rings (SSSR count). The second-order valence-corrected chi connectivity index (χ2v) is 5.85. The molecule has 0 radical (unpaired) electrons. The number of hydrogen-bond donors (Lipinski definition) is 2. The number of aromatic nitrogens is 5. The van der Waals surface area contributed by atoms with Crippen molar-refractivity contribution in [2.45, 2.75) is 6.92 Å². The number of ether oxygens (including phenoxy) is 1. The SMILES string of the molecule is CCOc1cccc(-c2c(C(=O)N/N=C\c3ccco3)nnn2-c2nonc2N)c1. The van der Waals surface area contributed by atoms with Crippen molar-refractivity contribution < 1.29 is 18.6 Å². The Hall–Kier alpha value is -4.48. The molecule has 0 aliphatic heterocycles. The first-order valence-corrected chi connectivity index (χ1v) is 8.81. The summed E-state index contributed by atoms with van der Waals surface area (Å²) in [6.45, 7) is 2.35. The van der Waals surface area contributed by atoms with Crippen LogP contribution in [0.3, 0.4) is 0 Å². The molecule has 3 heterocycles. The molecule has 0 bridgehead atoms. The van der Waals surface area contributed by atoms with E-state index in [2.05, 4.69) is 35.8 Å². The Balaban J connectivity index is 1.73. The van der Waals surface area contributed by atoms with Crippen LogP contribution in [0.4, 0.5) is 5.82 Å². The van der Waals surface area contributed by atoms with Crippen LogP contribution in [0.25, 0.3) is 17.1 Å². The van der Waals surface area contributed by atoms with Gasteiger partial charge in [-0.3, -0.25) is 4.79 Å². The predicted molar refractivity (Wildman–Crippen MR) is 104 cm³/mol. The zero-order valence-electron chi connectivity index (χ0n) is 15.7. The van der Waals surface area contributed by atoms with Gasteiger partial charge < -0.3 is 14.9 Å². The van der Waals surface area contributed by atoms with Crippen molar-refractivity contribution in [1.29, 1.82) is 0 Å². The molecule has 0 saturated carbocycles. The molecular weight excluding hydrogens is 392 g/mol. The average molecular weight is 408 g/mol. The maximum absolute atomic E-state index is 12.8. The normalized spacial score (nSPS) is 11.1. The minimum absolute atomic E-state index is 0.00934. The Morgan fingerprint density at radius 2 is 2.23 bits per heavy atom. The van der Waals surface area contributed by atoms with Crippen molar-refractivity contribution in [1.82, 2.24) is 30.7 Å². The lowest BCUT2D eigenvalue weighted by Crippen LogP contribution is -2.19. The van der Waals surface area contributed by atoms with Crippen LogP contribution in [0, 0.1) is 0 Å². The molecule has 152 valence electrons. The minimum atomic E-state index is -0.601. The molecule has 0 aliphatic rings. The van der Waals surface area contributed by atoms with Crippen molar-refractivity contribution in [2.24, 2.45) is 5.10 Å². The van der Waals surface area contributed by atoms with Gasteiger partial charge >= 0.3 is 0 Å².